The fourth-order valence-electron chi connectivity index (χ4n) is 6.52. The molecule has 2 aliphatic rings. The van der Waals surface area contributed by atoms with E-state index in [4.69, 9.17) is 0 Å². The highest BCUT2D eigenvalue weighted by Crippen LogP contribution is 2.35. The summed E-state index contributed by atoms with van der Waals surface area (Å²) in [5.41, 5.74) is 2.52. The second kappa shape index (κ2) is 16.4. The first-order valence-corrected chi connectivity index (χ1v) is 19.4. The van der Waals surface area contributed by atoms with Crippen LogP contribution in [0.25, 0.3) is 0 Å². The molecule has 2 aromatic carbocycles. The molecule has 15 nitrogen and oxygen atoms in total. The van der Waals surface area contributed by atoms with E-state index in [1.807, 2.05) is 36.4 Å². The van der Waals surface area contributed by atoms with Gasteiger partial charge in [0.2, 0.25) is 27.8 Å². The molecule has 4 aromatic rings. The van der Waals surface area contributed by atoms with Crippen LogP contribution in [-0.4, -0.2) is 90.6 Å². The molecule has 1 unspecified atom stereocenters. The molecule has 292 valence electrons. The van der Waals surface area contributed by atoms with Gasteiger partial charge in [-0.1, -0.05) is 18.2 Å². The minimum Gasteiger partial charge on any atom is -0.373 e. The van der Waals surface area contributed by atoms with Crippen LogP contribution in [0, 0.1) is 0 Å². The van der Waals surface area contributed by atoms with Crippen molar-refractivity contribution < 1.29 is 31.2 Å². The number of aromatic nitrogens is 4. The number of alkyl halides is 3. The van der Waals surface area contributed by atoms with Gasteiger partial charge in [-0.25, -0.2) is 18.4 Å². The van der Waals surface area contributed by atoms with Crippen molar-refractivity contribution in [3.63, 3.8) is 0 Å². The number of hydrogen-bond donors (Lipinski definition) is 4. The molecule has 2 amide bonds. The van der Waals surface area contributed by atoms with E-state index in [1.165, 1.54) is 19.4 Å². The lowest BCUT2D eigenvalue weighted by Crippen LogP contribution is -2.47. The molecule has 2 aliphatic heterocycles. The molecule has 2 fully saturated rings. The van der Waals surface area contributed by atoms with Crippen molar-refractivity contribution in [3.05, 3.63) is 83.9 Å². The first-order valence-electron chi connectivity index (χ1n) is 17.6. The first kappa shape index (κ1) is 39.1. The number of sulfonamides is 1. The van der Waals surface area contributed by atoms with Gasteiger partial charge in [-0.15, -0.1) is 0 Å². The Hall–Kier alpha value is -5.56. The molecule has 0 saturated carbocycles. The van der Waals surface area contributed by atoms with Gasteiger partial charge in [-0.2, -0.15) is 18.2 Å². The van der Waals surface area contributed by atoms with E-state index in [1.54, 1.807) is 12.1 Å². The van der Waals surface area contributed by atoms with Crippen LogP contribution in [0.4, 0.5) is 47.8 Å². The SMILES string of the molecule is CN(Cc1ccccc1NC1CCC(=O)NC1=O)C1CCN(c2ccc(Nc3ncc(C(F)(F)F)c(NCc4nccnc4N(C)S(C)(=O)=O)n3)cc2)CC1. The van der Waals surface area contributed by atoms with Gasteiger partial charge in [0.15, 0.2) is 5.82 Å². The molecule has 0 spiro atoms. The van der Waals surface area contributed by atoms with Crippen LogP contribution in [0.3, 0.4) is 0 Å². The van der Waals surface area contributed by atoms with Crippen LogP contribution in [0.15, 0.2) is 67.1 Å². The fraction of sp³-hybridized carbons (Fsp3) is 0.389. The second-order valence-electron chi connectivity index (χ2n) is 13.5. The number of benzene rings is 2. The van der Waals surface area contributed by atoms with Crippen molar-refractivity contribution in [2.75, 3.05) is 58.6 Å². The Labute approximate surface area is 316 Å². The third-order valence-corrected chi connectivity index (χ3v) is 10.8. The number of nitrogens with one attached hydrogen (secondary N) is 4. The lowest BCUT2D eigenvalue weighted by Gasteiger charge is -2.38. The monoisotopic (exact) mass is 781 g/mol. The predicted octanol–water partition coefficient (Wildman–Crippen LogP) is 4.35. The molecule has 55 heavy (non-hydrogen) atoms. The van der Waals surface area contributed by atoms with Crippen molar-refractivity contribution >= 4 is 56.5 Å². The molecule has 2 aromatic heterocycles. The lowest BCUT2D eigenvalue weighted by atomic mass is 10.0. The van der Waals surface area contributed by atoms with E-state index in [2.05, 4.69) is 58.1 Å². The largest absolute Gasteiger partial charge is 0.421 e. The summed E-state index contributed by atoms with van der Waals surface area (Å²) in [6.07, 6.45) is 2.11. The lowest BCUT2D eigenvalue weighted by molar-refractivity contribution is -0.137. The molecule has 0 aliphatic carbocycles. The maximum atomic E-state index is 13.9. The number of hydrogen-bond acceptors (Lipinski definition) is 13. The summed E-state index contributed by atoms with van der Waals surface area (Å²) in [4.78, 5) is 44.7. The van der Waals surface area contributed by atoms with Crippen LogP contribution in [-0.2, 0) is 38.9 Å². The fourth-order valence-corrected chi connectivity index (χ4v) is 6.99. The molecule has 0 bridgehead atoms. The van der Waals surface area contributed by atoms with Crippen molar-refractivity contribution in [2.24, 2.45) is 0 Å². The zero-order valence-corrected chi connectivity index (χ0v) is 31.3. The van der Waals surface area contributed by atoms with Crippen LogP contribution in [0.2, 0.25) is 0 Å². The minimum absolute atomic E-state index is 0.0304. The number of halogens is 3. The highest BCUT2D eigenvalue weighted by atomic mass is 32.2. The highest BCUT2D eigenvalue weighted by molar-refractivity contribution is 7.92. The standard InChI is InChI=1S/C36H42F3N11O4S/c1-48(22-23-6-4-5-7-28(23)45-29-12-13-31(51)46-34(29)52)25-14-18-50(19-15-25)26-10-8-24(9-11-26)44-35-43-20-27(36(37,38)39)32(47-35)42-21-30-33(41-17-16-40-30)49(2)55(3,53)54/h4-11,16-17,20,25,29,45H,12-15,18-19,21-22H2,1-3H3,(H,46,51,52)(H2,42,43,44,47). The van der Waals surface area contributed by atoms with Crippen molar-refractivity contribution in [2.45, 2.75) is 57.0 Å². The van der Waals surface area contributed by atoms with Gasteiger partial charge in [0.05, 0.1) is 12.8 Å². The smallest absolute Gasteiger partial charge is 0.373 e. The molecular weight excluding hydrogens is 740 g/mol. The summed E-state index contributed by atoms with van der Waals surface area (Å²) in [6.45, 7) is 2.04. The van der Waals surface area contributed by atoms with Gasteiger partial charge in [0.25, 0.3) is 0 Å². The molecule has 1 atom stereocenters. The molecule has 19 heteroatoms. The minimum atomic E-state index is -4.76. The molecule has 6 rings (SSSR count). The summed E-state index contributed by atoms with van der Waals surface area (Å²) in [5, 5.41) is 11.3. The van der Waals surface area contributed by atoms with Gasteiger partial charge in [0.1, 0.15) is 23.1 Å². The maximum Gasteiger partial charge on any atom is 0.421 e. The Morgan fingerprint density at radius 2 is 1.67 bits per heavy atom. The van der Waals surface area contributed by atoms with E-state index in [9.17, 15) is 31.2 Å². The number of piperidine rings is 2. The van der Waals surface area contributed by atoms with Gasteiger partial charge in [-0.3, -0.25) is 29.1 Å². The van der Waals surface area contributed by atoms with E-state index in [-0.39, 0.29) is 35.8 Å². The second-order valence-corrected chi connectivity index (χ2v) is 15.5. The number of anilines is 6. The third-order valence-electron chi connectivity index (χ3n) is 9.65. The van der Waals surface area contributed by atoms with E-state index in [0.29, 0.717) is 37.3 Å². The highest BCUT2D eigenvalue weighted by Gasteiger charge is 2.35. The maximum absolute atomic E-state index is 13.9. The van der Waals surface area contributed by atoms with Gasteiger partial charge >= 0.3 is 6.18 Å². The van der Waals surface area contributed by atoms with Gasteiger partial charge in [0, 0.05) is 74.8 Å². The van der Waals surface area contributed by atoms with E-state index < -0.39 is 33.6 Å². The average Bonchev–Trinajstić information content (AvgIpc) is 3.15. The Morgan fingerprint density at radius 1 is 0.964 bits per heavy atom. The zero-order chi connectivity index (χ0) is 39.3. The quantitative estimate of drug-likeness (QED) is 0.141. The number of rotatable bonds is 13. The van der Waals surface area contributed by atoms with E-state index in [0.717, 1.165) is 53.4 Å². The summed E-state index contributed by atoms with van der Waals surface area (Å²) in [7, 11) is -0.333. The summed E-state index contributed by atoms with van der Waals surface area (Å²) >= 11 is 0. The molecule has 2 saturated heterocycles. The summed E-state index contributed by atoms with van der Waals surface area (Å²) in [5.74, 6) is -1.17. The summed E-state index contributed by atoms with van der Waals surface area (Å²) in [6, 6.07) is 15.2. The van der Waals surface area contributed by atoms with Crippen molar-refractivity contribution in [1.29, 1.82) is 0 Å². The number of para-hydroxylation sites is 1. The van der Waals surface area contributed by atoms with Crippen molar-refractivity contribution in [1.82, 2.24) is 30.2 Å². The number of nitrogens with zero attached hydrogens (tertiary/aromatic N) is 7. The molecule has 4 heterocycles. The van der Waals surface area contributed by atoms with Crippen molar-refractivity contribution in [3.8, 4) is 0 Å². The summed E-state index contributed by atoms with van der Waals surface area (Å²) < 4.78 is 66.8. The zero-order valence-electron chi connectivity index (χ0n) is 30.5. The van der Waals surface area contributed by atoms with Crippen LogP contribution in [0.5, 0.6) is 0 Å². The third kappa shape index (κ3) is 9.76. The Kier molecular flexibility index (Phi) is 11.7. The topological polar surface area (TPSA) is 178 Å². The number of carbonyl (C=O) groups excluding carboxylic acids is 2. The number of amides is 2. The van der Waals surface area contributed by atoms with Gasteiger partial charge in [-0.05, 0) is 62.2 Å². The van der Waals surface area contributed by atoms with Crippen LogP contribution >= 0.6 is 0 Å². The predicted molar refractivity (Wildman–Crippen MR) is 202 cm³/mol. The normalized spacial score (nSPS) is 16.9. The molecule has 0 radical (unpaired) electrons. The van der Waals surface area contributed by atoms with E-state index >= 15 is 0 Å². The Balaban J connectivity index is 1.05. The average molecular weight is 782 g/mol. The molecule has 4 N–H and O–H groups in total. The number of imide groups is 1. The van der Waals surface area contributed by atoms with Crippen LogP contribution < -0.4 is 30.5 Å². The molecular formula is C36H42F3N11O4S. The van der Waals surface area contributed by atoms with Crippen LogP contribution in [0.1, 0.15) is 42.5 Å². The Bertz CT molecular complexity index is 2110. The Morgan fingerprint density at radius 3 is 2.36 bits per heavy atom. The first-order chi connectivity index (χ1) is 26.2. The van der Waals surface area contributed by atoms with Gasteiger partial charge < -0.3 is 20.9 Å². The number of carbonyl (C=O) groups is 2.